The Hall–Kier alpha value is -1.63. The van der Waals surface area contributed by atoms with Crippen LogP contribution in [0.2, 0.25) is 0 Å². The number of nitrogens with zero attached hydrogens (tertiary/aromatic N) is 3. The Morgan fingerprint density at radius 3 is 2.29 bits per heavy atom. The van der Waals surface area contributed by atoms with Crippen LogP contribution < -0.4 is 5.73 Å². The van der Waals surface area contributed by atoms with Gasteiger partial charge in [0.15, 0.2) is 0 Å². The van der Waals surface area contributed by atoms with Crippen molar-refractivity contribution in [1.29, 1.82) is 0 Å². The summed E-state index contributed by atoms with van der Waals surface area (Å²) < 4.78 is 0. The molecule has 2 saturated heterocycles. The highest BCUT2D eigenvalue weighted by Gasteiger charge is 2.57. The fourth-order valence-electron chi connectivity index (χ4n) is 3.41. The molecule has 0 aromatic carbocycles. The molecular formula is C14H24N4O3. The number of carbonyl (C=O) groups is 3. The predicted octanol–water partition coefficient (Wildman–Crippen LogP) is -0.00120. The number of primary amides is 1. The lowest BCUT2D eigenvalue weighted by Crippen LogP contribution is -2.57. The molecule has 0 aromatic rings. The molecule has 2 fully saturated rings. The summed E-state index contributed by atoms with van der Waals surface area (Å²) in [5.41, 5.74) is 4.37. The Morgan fingerprint density at radius 2 is 1.86 bits per heavy atom. The number of amides is 4. The highest BCUT2D eigenvalue weighted by molar-refractivity contribution is 6.09. The molecule has 2 heterocycles. The highest BCUT2D eigenvalue weighted by Crippen LogP contribution is 2.37. The quantitative estimate of drug-likeness (QED) is 0.740. The van der Waals surface area contributed by atoms with Gasteiger partial charge in [-0.15, -0.1) is 0 Å². The topological polar surface area (TPSA) is 87.0 Å². The maximum absolute atomic E-state index is 12.7. The average Bonchev–Trinajstić information content (AvgIpc) is 2.61. The zero-order chi connectivity index (χ0) is 15.8. The average molecular weight is 296 g/mol. The third kappa shape index (κ3) is 2.50. The van der Waals surface area contributed by atoms with E-state index in [2.05, 4.69) is 18.7 Å². The van der Waals surface area contributed by atoms with E-state index in [0.29, 0.717) is 25.4 Å². The minimum atomic E-state index is -0.785. The van der Waals surface area contributed by atoms with Crippen molar-refractivity contribution < 1.29 is 14.4 Å². The fourth-order valence-corrected chi connectivity index (χ4v) is 3.41. The first-order valence-electron chi connectivity index (χ1n) is 7.49. The number of carbonyl (C=O) groups excluding carboxylic acids is 3. The molecule has 2 aliphatic heterocycles. The minimum absolute atomic E-state index is 0.267. The summed E-state index contributed by atoms with van der Waals surface area (Å²) in [5, 5.41) is 0. The van der Waals surface area contributed by atoms with Gasteiger partial charge in [0.25, 0.3) is 5.91 Å². The summed E-state index contributed by atoms with van der Waals surface area (Å²) in [5.74, 6) is -0.930. The molecule has 0 unspecified atom stereocenters. The van der Waals surface area contributed by atoms with Crippen LogP contribution in [0, 0.1) is 0 Å². The SMILES string of the molecule is CCN1C(=O)N(CC(N)=O)C(=O)C12CCN(C(C)C)CC2. The Bertz CT molecular complexity index is 455. The number of piperidine rings is 1. The van der Waals surface area contributed by atoms with Crippen molar-refractivity contribution in [3.8, 4) is 0 Å². The molecule has 1 spiro atoms. The lowest BCUT2D eigenvalue weighted by atomic mass is 9.85. The molecule has 4 amide bonds. The van der Waals surface area contributed by atoms with E-state index in [4.69, 9.17) is 5.73 Å². The molecule has 7 heteroatoms. The summed E-state index contributed by atoms with van der Waals surface area (Å²) >= 11 is 0. The zero-order valence-electron chi connectivity index (χ0n) is 13.0. The molecule has 7 nitrogen and oxygen atoms in total. The van der Waals surface area contributed by atoms with Crippen LogP contribution in [0.3, 0.4) is 0 Å². The van der Waals surface area contributed by atoms with Gasteiger partial charge in [-0.3, -0.25) is 14.5 Å². The second-order valence-corrected chi connectivity index (χ2v) is 6.05. The fraction of sp³-hybridized carbons (Fsp3) is 0.786. The van der Waals surface area contributed by atoms with Gasteiger partial charge in [0, 0.05) is 25.7 Å². The van der Waals surface area contributed by atoms with E-state index >= 15 is 0 Å². The number of hydrogen-bond donors (Lipinski definition) is 1. The van der Waals surface area contributed by atoms with Gasteiger partial charge in [-0.05, 0) is 33.6 Å². The third-order valence-corrected chi connectivity index (χ3v) is 4.61. The summed E-state index contributed by atoms with van der Waals surface area (Å²) in [6.45, 7) is 7.78. The molecule has 0 aromatic heterocycles. The first-order chi connectivity index (χ1) is 9.83. The number of imide groups is 1. The van der Waals surface area contributed by atoms with Crippen molar-refractivity contribution in [2.75, 3.05) is 26.2 Å². The number of nitrogens with two attached hydrogens (primary N) is 1. The normalized spacial score (nSPS) is 22.7. The van der Waals surface area contributed by atoms with Gasteiger partial charge in [0.2, 0.25) is 5.91 Å². The summed E-state index contributed by atoms with van der Waals surface area (Å²) in [4.78, 5) is 41.1. The van der Waals surface area contributed by atoms with Gasteiger partial charge in [-0.25, -0.2) is 4.79 Å². The van der Waals surface area contributed by atoms with E-state index in [9.17, 15) is 14.4 Å². The number of likely N-dealkylation sites (tertiary alicyclic amines) is 1. The molecule has 0 saturated carbocycles. The van der Waals surface area contributed by atoms with Crippen molar-refractivity contribution in [2.45, 2.75) is 45.2 Å². The lowest BCUT2D eigenvalue weighted by molar-refractivity contribution is -0.137. The van der Waals surface area contributed by atoms with Crippen molar-refractivity contribution in [1.82, 2.24) is 14.7 Å². The monoisotopic (exact) mass is 296 g/mol. The van der Waals surface area contributed by atoms with Gasteiger partial charge < -0.3 is 15.5 Å². The van der Waals surface area contributed by atoms with Crippen LogP contribution in [0.5, 0.6) is 0 Å². The lowest BCUT2D eigenvalue weighted by Gasteiger charge is -2.43. The van der Waals surface area contributed by atoms with Crippen LogP contribution in [0.25, 0.3) is 0 Å². The molecule has 21 heavy (non-hydrogen) atoms. The van der Waals surface area contributed by atoms with E-state index in [0.717, 1.165) is 18.0 Å². The molecule has 0 aliphatic carbocycles. The smallest absolute Gasteiger partial charge is 0.328 e. The minimum Gasteiger partial charge on any atom is -0.368 e. The van der Waals surface area contributed by atoms with E-state index in [1.807, 2.05) is 6.92 Å². The van der Waals surface area contributed by atoms with E-state index < -0.39 is 11.4 Å². The molecular weight excluding hydrogens is 272 g/mol. The van der Waals surface area contributed by atoms with Crippen molar-refractivity contribution in [3.05, 3.63) is 0 Å². The Labute approximate surface area is 125 Å². The molecule has 118 valence electrons. The number of hydrogen-bond acceptors (Lipinski definition) is 4. The molecule has 0 atom stereocenters. The zero-order valence-corrected chi connectivity index (χ0v) is 13.0. The van der Waals surface area contributed by atoms with Crippen LogP contribution >= 0.6 is 0 Å². The van der Waals surface area contributed by atoms with Crippen molar-refractivity contribution in [3.63, 3.8) is 0 Å². The number of urea groups is 1. The number of likely N-dealkylation sites (N-methyl/N-ethyl adjacent to an activating group) is 1. The molecule has 0 bridgehead atoms. The van der Waals surface area contributed by atoms with Gasteiger partial charge in [0.1, 0.15) is 12.1 Å². The molecule has 2 N–H and O–H groups in total. The van der Waals surface area contributed by atoms with Crippen LogP contribution in [0.4, 0.5) is 4.79 Å². The van der Waals surface area contributed by atoms with Crippen molar-refractivity contribution >= 4 is 17.8 Å². The second-order valence-electron chi connectivity index (χ2n) is 6.05. The van der Waals surface area contributed by atoms with Crippen LogP contribution in [0.1, 0.15) is 33.6 Å². The van der Waals surface area contributed by atoms with Crippen molar-refractivity contribution in [2.24, 2.45) is 5.73 Å². The molecule has 0 radical (unpaired) electrons. The standard InChI is InChI=1S/C14H24N4O3/c1-4-18-13(21)17(9-11(15)19)12(20)14(18)5-7-16(8-6-14)10(2)3/h10H,4-9H2,1-3H3,(H2,15,19). The first kappa shape index (κ1) is 15.8. The number of rotatable bonds is 4. The Balaban J connectivity index is 2.24. The van der Waals surface area contributed by atoms with Gasteiger partial charge in [-0.1, -0.05) is 0 Å². The van der Waals surface area contributed by atoms with Crippen LogP contribution in [-0.4, -0.2) is 70.3 Å². The van der Waals surface area contributed by atoms with Crippen LogP contribution in [-0.2, 0) is 9.59 Å². The van der Waals surface area contributed by atoms with Gasteiger partial charge in [0.05, 0.1) is 0 Å². The molecule has 2 aliphatic rings. The van der Waals surface area contributed by atoms with Crippen LogP contribution in [0.15, 0.2) is 0 Å². The predicted molar refractivity (Wildman–Crippen MR) is 77.4 cm³/mol. The Morgan fingerprint density at radius 1 is 1.29 bits per heavy atom. The maximum Gasteiger partial charge on any atom is 0.328 e. The van der Waals surface area contributed by atoms with Gasteiger partial charge >= 0.3 is 6.03 Å². The molecule has 2 rings (SSSR count). The summed E-state index contributed by atoms with van der Waals surface area (Å²) in [7, 11) is 0. The Kier molecular flexibility index (Phi) is 4.22. The second kappa shape index (κ2) is 5.63. The largest absolute Gasteiger partial charge is 0.368 e. The summed E-state index contributed by atoms with van der Waals surface area (Å²) in [6.07, 6.45) is 1.22. The van der Waals surface area contributed by atoms with E-state index in [1.54, 1.807) is 4.90 Å². The third-order valence-electron chi connectivity index (χ3n) is 4.61. The summed E-state index contributed by atoms with van der Waals surface area (Å²) in [6, 6.07) is 0.0330. The highest BCUT2D eigenvalue weighted by atomic mass is 16.2. The van der Waals surface area contributed by atoms with E-state index in [-0.39, 0.29) is 18.5 Å². The maximum atomic E-state index is 12.7. The van der Waals surface area contributed by atoms with E-state index in [1.165, 1.54) is 0 Å². The van der Waals surface area contributed by atoms with Gasteiger partial charge in [-0.2, -0.15) is 0 Å². The first-order valence-corrected chi connectivity index (χ1v) is 7.49.